The van der Waals surface area contributed by atoms with Crippen LogP contribution < -0.4 is 0 Å². The van der Waals surface area contributed by atoms with Crippen LogP contribution in [0.5, 0.6) is 0 Å². The molecule has 0 fully saturated rings. The average Bonchev–Trinajstić information content (AvgIpc) is 2.00. The SMILES string of the molecule is CC1=C(C)C2C=CC=CC1CC2. The standard InChI is InChI=1S/C12H16/c1-9-10(2)12-6-4-3-5-11(9)7-8-12/h3-6,11-12H,7-8H2,1-2H3. The van der Waals surface area contributed by atoms with Crippen molar-refractivity contribution in [2.75, 3.05) is 0 Å². The van der Waals surface area contributed by atoms with Crippen LogP contribution in [0.4, 0.5) is 0 Å². The minimum absolute atomic E-state index is 0.728. The van der Waals surface area contributed by atoms with Crippen molar-refractivity contribution in [3.8, 4) is 0 Å². The van der Waals surface area contributed by atoms with Gasteiger partial charge in [0.25, 0.3) is 0 Å². The first-order valence-corrected chi connectivity index (χ1v) is 4.81. The van der Waals surface area contributed by atoms with Crippen molar-refractivity contribution in [1.82, 2.24) is 0 Å². The van der Waals surface area contributed by atoms with Gasteiger partial charge in [-0.2, -0.15) is 0 Å². The lowest BCUT2D eigenvalue weighted by atomic mass is 9.76. The maximum absolute atomic E-state index is 2.34. The molecule has 0 aromatic rings. The lowest BCUT2D eigenvalue weighted by Crippen LogP contribution is -2.15. The predicted molar refractivity (Wildman–Crippen MR) is 52.9 cm³/mol. The molecule has 0 amide bonds. The van der Waals surface area contributed by atoms with Gasteiger partial charge in [-0.05, 0) is 38.5 Å². The molecule has 3 aliphatic rings. The fourth-order valence-electron chi connectivity index (χ4n) is 2.25. The summed E-state index contributed by atoms with van der Waals surface area (Å²) >= 11 is 0. The van der Waals surface area contributed by atoms with Gasteiger partial charge in [0.1, 0.15) is 0 Å². The minimum Gasteiger partial charge on any atom is -0.0774 e. The van der Waals surface area contributed by atoms with E-state index in [0.717, 1.165) is 11.8 Å². The Labute approximate surface area is 74.7 Å². The number of hydrogen-bond acceptors (Lipinski definition) is 0. The molecule has 64 valence electrons. The maximum atomic E-state index is 2.34. The third kappa shape index (κ3) is 1.16. The van der Waals surface area contributed by atoms with E-state index in [-0.39, 0.29) is 0 Å². The molecule has 0 aromatic carbocycles. The van der Waals surface area contributed by atoms with Crippen molar-refractivity contribution in [2.24, 2.45) is 11.8 Å². The predicted octanol–water partition coefficient (Wildman–Crippen LogP) is 3.48. The average molecular weight is 160 g/mol. The normalized spacial score (nSPS) is 33.8. The molecule has 12 heavy (non-hydrogen) atoms. The molecule has 0 heterocycles. The maximum Gasteiger partial charge on any atom is -0.00198 e. The second kappa shape index (κ2) is 2.93. The molecule has 0 radical (unpaired) electrons. The van der Waals surface area contributed by atoms with Crippen LogP contribution in [0.1, 0.15) is 26.7 Å². The monoisotopic (exact) mass is 160 g/mol. The van der Waals surface area contributed by atoms with Gasteiger partial charge in [-0.15, -0.1) is 0 Å². The topological polar surface area (TPSA) is 0 Å². The molecule has 0 spiro atoms. The molecule has 2 atom stereocenters. The highest BCUT2D eigenvalue weighted by molar-refractivity contribution is 5.30. The van der Waals surface area contributed by atoms with E-state index in [0.29, 0.717) is 0 Å². The minimum atomic E-state index is 0.728. The van der Waals surface area contributed by atoms with Gasteiger partial charge in [0.05, 0.1) is 0 Å². The van der Waals surface area contributed by atoms with Crippen LogP contribution in [0.15, 0.2) is 35.5 Å². The summed E-state index contributed by atoms with van der Waals surface area (Å²) in [7, 11) is 0. The molecule has 0 heteroatoms. The first kappa shape index (κ1) is 7.85. The highest BCUT2D eigenvalue weighted by Gasteiger charge is 2.22. The third-order valence-corrected chi connectivity index (χ3v) is 3.32. The first-order valence-electron chi connectivity index (χ1n) is 4.81. The summed E-state index contributed by atoms with van der Waals surface area (Å²) in [5.41, 5.74) is 3.21. The number of allylic oxidation sites excluding steroid dienone is 6. The van der Waals surface area contributed by atoms with Crippen molar-refractivity contribution >= 4 is 0 Å². The third-order valence-electron chi connectivity index (χ3n) is 3.32. The zero-order valence-electron chi connectivity index (χ0n) is 7.88. The van der Waals surface area contributed by atoms with Crippen molar-refractivity contribution in [3.63, 3.8) is 0 Å². The van der Waals surface area contributed by atoms with Gasteiger partial charge in [0.15, 0.2) is 0 Å². The Bertz CT molecular complexity index is 238. The zero-order chi connectivity index (χ0) is 8.55. The second-order valence-electron chi connectivity index (χ2n) is 3.93. The van der Waals surface area contributed by atoms with Crippen LogP contribution >= 0.6 is 0 Å². The Morgan fingerprint density at radius 2 is 1.33 bits per heavy atom. The largest absolute Gasteiger partial charge is 0.0774 e. The summed E-state index contributed by atoms with van der Waals surface area (Å²) < 4.78 is 0. The van der Waals surface area contributed by atoms with Crippen molar-refractivity contribution in [1.29, 1.82) is 0 Å². The van der Waals surface area contributed by atoms with Gasteiger partial charge in [0, 0.05) is 0 Å². The van der Waals surface area contributed by atoms with E-state index in [1.165, 1.54) is 12.8 Å². The lowest BCUT2D eigenvalue weighted by molar-refractivity contribution is 0.509. The Hall–Kier alpha value is -0.780. The summed E-state index contributed by atoms with van der Waals surface area (Å²) in [5, 5.41) is 0. The molecule has 0 saturated carbocycles. The van der Waals surface area contributed by atoms with Crippen molar-refractivity contribution < 1.29 is 0 Å². The summed E-state index contributed by atoms with van der Waals surface area (Å²) in [5.74, 6) is 1.46. The number of rotatable bonds is 0. The molecule has 0 saturated heterocycles. The molecule has 0 nitrogen and oxygen atoms in total. The van der Waals surface area contributed by atoms with E-state index >= 15 is 0 Å². The molecule has 2 bridgehead atoms. The lowest BCUT2D eigenvalue weighted by Gasteiger charge is -2.29. The highest BCUT2D eigenvalue weighted by atomic mass is 14.3. The highest BCUT2D eigenvalue weighted by Crippen LogP contribution is 2.36. The Kier molecular flexibility index (Phi) is 1.92. The van der Waals surface area contributed by atoms with Gasteiger partial charge >= 0.3 is 0 Å². The molecule has 0 aromatic heterocycles. The molecule has 2 unspecified atom stereocenters. The smallest absolute Gasteiger partial charge is 0.00198 e. The van der Waals surface area contributed by atoms with Crippen LogP contribution in [-0.4, -0.2) is 0 Å². The Morgan fingerprint density at radius 3 is 1.75 bits per heavy atom. The van der Waals surface area contributed by atoms with E-state index in [1.54, 1.807) is 11.1 Å². The van der Waals surface area contributed by atoms with Crippen LogP contribution in [0.25, 0.3) is 0 Å². The fraction of sp³-hybridized carbons (Fsp3) is 0.500. The molecular formula is C12H16. The first-order chi connectivity index (χ1) is 5.79. The summed E-state index contributed by atoms with van der Waals surface area (Å²) in [6.45, 7) is 4.57. The Morgan fingerprint density at radius 1 is 0.917 bits per heavy atom. The Balaban J connectivity index is 2.44. The quantitative estimate of drug-likeness (QED) is 0.476. The van der Waals surface area contributed by atoms with Crippen LogP contribution in [0.2, 0.25) is 0 Å². The van der Waals surface area contributed by atoms with Gasteiger partial charge in [0.2, 0.25) is 0 Å². The van der Waals surface area contributed by atoms with Crippen LogP contribution in [-0.2, 0) is 0 Å². The zero-order valence-corrected chi connectivity index (χ0v) is 7.88. The van der Waals surface area contributed by atoms with Crippen LogP contribution in [0.3, 0.4) is 0 Å². The van der Waals surface area contributed by atoms with Gasteiger partial charge in [-0.3, -0.25) is 0 Å². The van der Waals surface area contributed by atoms with Gasteiger partial charge < -0.3 is 0 Å². The van der Waals surface area contributed by atoms with E-state index in [2.05, 4.69) is 38.2 Å². The van der Waals surface area contributed by atoms with Crippen molar-refractivity contribution in [3.05, 3.63) is 35.5 Å². The van der Waals surface area contributed by atoms with E-state index in [9.17, 15) is 0 Å². The van der Waals surface area contributed by atoms with Crippen LogP contribution in [0, 0.1) is 11.8 Å². The van der Waals surface area contributed by atoms with E-state index in [4.69, 9.17) is 0 Å². The number of fused-ring (bicyclic) bond motifs is 2. The van der Waals surface area contributed by atoms with E-state index in [1.807, 2.05) is 0 Å². The molecule has 0 aliphatic heterocycles. The molecule has 0 N–H and O–H groups in total. The summed E-state index contributed by atoms with van der Waals surface area (Å²) in [6, 6.07) is 0. The molecule has 3 aliphatic carbocycles. The summed E-state index contributed by atoms with van der Waals surface area (Å²) in [4.78, 5) is 0. The van der Waals surface area contributed by atoms with Crippen molar-refractivity contribution in [2.45, 2.75) is 26.7 Å². The molecular weight excluding hydrogens is 144 g/mol. The molecule has 3 rings (SSSR count). The van der Waals surface area contributed by atoms with Gasteiger partial charge in [-0.1, -0.05) is 35.5 Å². The van der Waals surface area contributed by atoms with E-state index < -0.39 is 0 Å². The second-order valence-corrected chi connectivity index (χ2v) is 3.93. The summed E-state index contributed by atoms with van der Waals surface area (Å²) in [6.07, 6.45) is 11.8. The fourth-order valence-corrected chi connectivity index (χ4v) is 2.25. The number of hydrogen-bond donors (Lipinski definition) is 0. The van der Waals surface area contributed by atoms with Gasteiger partial charge in [-0.25, -0.2) is 0 Å².